The van der Waals surface area contributed by atoms with E-state index in [-0.39, 0.29) is 12.2 Å². The molecule has 6 heteroatoms. The molecule has 0 aliphatic carbocycles. The van der Waals surface area contributed by atoms with Crippen LogP contribution in [0.2, 0.25) is 0 Å². The second-order valence-electron chi connectivity index (χ2n) is 6.81. The lowest BCUT2D eigenvalue weighted by atomic mass is 9.88. The van der Waals surface area contributed by atoms with E-state index in [1.54, 1.807) is 30.3 Å². The molecule has 1 aromatic heterocycles. The zero-order chi connectivity index (χ0) is 19.9. The molecule has 28 heavy (non-hydrogen) atoms. The summed E-state index contributed by atoms with van der Waals surface area (Å²) in [5.74, 6) is -0.744. The smallest absolute Gasteiger partial charge is 0.264 e. The van der Waals surface area contributed by atoms with Crippen LogP contribution in [0.1, 0.15) is 29.3 Å². The molecule has 0 fully saturated rings. The van der Waals surface area contributed by atoms with E-state index in [4.69, 9.17) is 0 Å². The number of hydrogen-bond acceptors (Lipinski definition) is 3. The van der Waals surface area contributed by atoms with Crippen LogP contribution < -0.4 is 4.90 Å². The van der Waals surface area contributed by atoms with Crippen molar-refractivity contribution in [3.05, 3.63) is 82.6 Å². The fourth-order valence-corrected chi connectivity index (χ4v) is 4.05. The average Bonchev–Trinajstić information content (AvgIpc) is 3.29. The first-order valence-electron chi connectivity index (χ1n) is 9.05. The Balaban J connectivity index is 1.69. The van der Waals surface area contributed by atoms with E-state index < -0.39 is 11.5 Å². The standard InChI is InChI=1S/C22H19BrN2O3/c1-2-25-19-9-8-16(23)13-18(19)22(28,21(25)27)14-20(26)15-6-5-7-17(12-15)24-10-3-4-11-24/h3-13,28H,2,14H2,1H3/t22-/m1/s1. The lowest BCUT2D eigenvalue weighted by Crippen LogP contribution is -2.41. The van der Waals surface area contributed by atoms with Crippen molar-refractivity contribution in [1.29, 1.82) is 0 Å². The van der Waals surface area contributed by atoms with Crippen molar-refractivity contribution < 1.29 is 14.7 Å². The third-order valence-electron chi connectivity index (χ3n) is 5.10. The maximum atomic E-state index is 13.0. The molecule has 0 saturated carbocycles. The number of Topliss-reactive ketones (excluding diaryl/α,β-unsaturated/α-hetero) is 1. The van der Waals surface area contributed by atoms with Crippen LogP contribution in [0.25, 0.3) is 5.69 Å². The van der Waals surface area contributed by atoms with Gasteiger partial charge in [0.25, 0.3) is 5.91 Å². The Morgan fingerprint density at radius 3 is 2.57 bits per heavy atom. The van der Waals surface area contributed by atoms with E-state index in [0.717, 1.165) is 10.2 Å². The van der Waals surface area contributed by atoms with Crippen LogP contribution in [0.3, 0.4) is 0 Å². The van der Waals surface area contributed by atoms with E-state index >= 15 is 0 Å². The molecule has 3 aromatic rings. The second-order valence-corrected chi connectivity index (χ2v) is 7.73. The fourth-order valence-electron chi connectivity index (χ4n) is 3.69. The third-order valence-corrected chi connectivity index (χ3v) is 5.59. The van der Waals surface area contributed by atoms with Crippen LogP contribution in [-0.2, 0) is 10.4 Å². The number of aliphatic hydroxyl groups is 1. The molecule has 0 unspecified atom stereocenters. The molecule has 0 saturated heterocycles. The molecule has 2 aromatic carbocycles. The van der Waals surface area contributed by atoms with Gasteiger partial charge in [-0.3, -0.25) is 9.59 Å². The molecule has 0 spiro atoms. The normalized spacial score (nSPS) is 18.4. The van der Waals surface area contributed by atoms with Crippen molar-refractivity contribution in [1.82, 2.24) is 4.57 Å². The minimum Gasteiger partial charge on any atom is -0.375 e. The first-order chi connectivity index (χ1) is 13.4. The predicted octanol–water partition coefficient (Wildman–Crippen LogP) is 4.07. The Hall–Kier alpha value is -2.70. The fraction of sp³-hybridized carbons (Fsp3) is 0.182. The minimum absolute atomic E-state index is 0.284. The predicted molar refractivity (Wildman–Crippen MR) is 111 cm³/mol. The summed E-state index contributed by atoms with van der Waals surface area (Å²) in [5, 5.41) is 11.3. The van der Waals surface area contributed by atoms with Crippen LogP contribution >= 0.6 is 15.9 Å². The molecule has 4 rings (SSSR count). The van der Waals surface area contributed by atoms with Crippen LogP contribution in [0.5, 0.6) is 0 Å². The molecule has 142 valence electrons. The lowest BCUT2D eigenvalue weighted by molar-refractivity contribution is -0.135. The zero-order valence-electron chi connectivity index (χ0n) is 15.3. The van der Waals surface area contributed by atoms with Crippen molar-refractivity contribution in [2.24, 2.45) is 0 Å². The summed E-state index contributed by atoms with van der Waals surface area (Å²) in [6, 6.07) is 16.3. The summed E-state index contributed by atoms with van der Waals surface area (Å²) in [5.41, 5.74) is 0.545. The molecule has 2 heterocycles. The molecule has 5 nitrogen and oxygen atoms in total. The number of hydrogen-bond donors (Lipinski definition) is 1. The van der Waals surface area contributed by atoms with Crippen molar-refractivity contribution in [3.8, 4) is 5.69 Å². The first-order valence-corrected chi connectivity index (χ1v) is 9.84. The molecule has 0 bridgehead atoms. The van der Waals surface area contributed by atoms with Crippen LogP contribution in [0.15, 0.2) is 71.5 Å². The molecule has 1 amide bonds. The average molecular weight is 439 g/mol. The highest BCUT2D eigenvalue weighted by molar-refractivity contribution is 9.10. The number of fused-ring (bicyclic) bond motifs is 1. The Kier molecular flexibility index (Phi) is 4.69. The minimum atomic E-state index is -1.87. The van der Waals surface area contributed by atoms with Gasteiger partial charge in [0, 0.05) is 40.2 Å². The van der Waals surface area contributed by atoms with Crippen molar-refractivity contribution in [2.45, 2.75) is 18.9 Å². The maximum absolute atomic E-state index is 13.0. The number of carbonyl (C=O) groups is 2. The summed E-state index contributed by atoms with van der Waals surface area (Å²) in [6.07, 6.45) is 3.48. The summed E-state index contributed by atoms with van der Waals surface area (Å²) < 4.78 is 2.65. The number of rotatable bonds is 5. The van der Waals surface area contributed by atoms with Gasteiger partial charge in [-0.2, -0.15) is 0 Å². The lowest BCUT2D eigenvalue weighted by Gasteiger charge is -2.22. The van der Waals surface area contributed by atoms with E-state index in [2.05, 4.69) is 15.9 Å². The molecule has 1 atom stereocenters. The van der Waals surface area contributed by atoms with Gasteiger partial charge in [-0.05, 0) is 49.4 Å². The number of aromatic nitrogens is 1. The second kappa shape index (κ2) is 7.04. The van der Waals surface area contributed by atoms with Gasteiger partial charge >= 0.3 is 0 Å². The van der Waals surface area contributed by atoms with E-state index in [1.165, 1.54) is 4.90 Å². The van der Waals surface area contributed by atoms with Crippen molar-refractivity contribution >= 4 is 33.3 Å². The van der Waals surface area contributed by atoms with Gasteiger partial charge in [0.1, 0.15) is 0 Å². The van der Waals surface area contributed by atoms with Gasteiger partial charge in [-0.15, -0.1) is 0 Å². The number of ketones is 1. The first kappa shape index (κ1) is 18.7. The van der Waals surface area contributed by atoms with Gasteiger partial charge in [-0.25, -0.2) is 0 Å². The number of amides is 1. The van der Waals surface area contributed by atoms with E-state index in [0.29, 0.717) is 23.4 Å². The molecule has 1 N–H and O–H groups in total. The number of benzene rings is 2. The molecular weight excluding hydrogens is 420 g/mol. The van der Waals surface area contributed by atoms with Gasteiger partial charge in [-0.1, -0.05) is 28.1 Å². The van der Waals surface area contributed by atoms with Crippen LogP contribution in [-0.4, -0.2) is 27.9 Å². The SMILES string of the molecule is CCN1C(=O)[C@@](O)(CC(=O)c2cccc(-n3cccc3)c2)c2cc(Br)ccc21. The Bertz CT molecular complexity index is 1060. The van der Waals surface area contributed by atoms with Crippen molar-refractivity contribution in [2.75, 3.05) is 11.4 Å². The van der Waals surface area contributed by atoms with Crippen molar-refractivity contribution in [3.63, 3.8) is 0 Å². The van der Waals surface area contributed by atoms with Gasteiger partial charge in [0.2, 0.25) is 0 Å². The molecule has 1 aliphatic heterocycles. The largest absolute Gasteiger partial charge is 0.375 e. The maximum Gasteiger partial charge on any atom is 0.264 e. The topological polar surface area (TPSA) is 62.5 Å². The summed E-state index contributed by atoms with van der Waals surface area (Å²) in [4.78, 5) is 27.5. The molecule has 1 aliphatic rings. The monoisotopic (exact) mass is 438 g/mol. The number of nitrogens with zero attached hydrogens (tertiary/aromatic N) is 2. The number of carbonyl (C=O) groups excluding carboxylic acids is 2. The zero-order valence-corrected chi connectivity index (χ0v) is 16.9. The number of anilines is 1. The van der Waals surface area contributed by atoms with Crippen LogP contribution in [0.4, 0.5) is 5.69 Å². The van der Waals surface area contributed by atoms with E-state index in [1.807, 2.05) is 48.1 Å². The number of halogens is 1. The highest BCUT2D eigenvalue weighted by atomic mass is 79.9. The summed E-state index contributed by atoms with van der Waals surface area (Å²) >= 11 is 3.39. The summed E-state index contributed by atoms with van der Waals surface area (Å²) in [7, 11) is 0. The Labute approximate surface area is 171 Å². The Morgan fingerprint density at radius 1 is 1.11 bits per heavy atom. The Morgan fingerprint density at radius 2 is 1.86 bits per heavy atom. The third kappa shape index (κ3) is 2.99. The van der Waals surface area contributed by atoms with E-state index in [9.17, 15) is 14.7 Å². The molecular formula is C22H19BrN2O3. The highest BCUT2D eigenvalue weighted by Crippen LogP contribution is 2.44. The highest BCUT2D eigenvalue weighted by Gasteiger charge is 2.50. The van der Waals surface area contributed by atoms with Gasteiger partial charge < -0.3 is 14.6 Å². The molecule has 0 radical (unpaired) electrons. The van der Waals surface area contributed by atoms with Crippen LogP contribution in [0, 0.1) is 0 Å². The number of likely N-dealkylation sites (N-methyl/N-ethyl adjacent to an activating group) is 1. The van der Waals surface area contributed by atoms with Gasteiger partial charge in [0.05, 0.1) is 12.1 Å². The van der Waals surface area contributed by atoms with Gasteiger partial charge in [0.15, 0.2) is 11.4 Å². The summed E-state index contributed by atoms with van der Waals surface area (Å²) in [6.45, 7) is 2.27. The quantitative estimate of drug-likeness (QED) is 0.610.